The standard InChI is InChI=1S/C22H14F6N6O2/c1-11-18(20(36)32-29-10-12-5-7-13(35)8-6-12)31-33-34(11)16-9-17(22(26,27)28)30-19-14(16)3-2-4-15(19)21(23,24)25/h2-10,35H,1H3,(H,32,36)/b29-10+. The van der Waals surface area contributed by atoms with Gasteiger partial charge in [0.2, 0.25) is 0 Å². The van der Waals surface area contributed by atoms with Crippen LogP contribution < -0.4 is 5.43 Å². The number of rotatable bonds is 4. The summed E-state index contributed by atoms with van der Waals surface area (Å²) in [6.07, 6.45) is -8.76. The first kappa shape index (κ1) is 24.6. The molecule has 2 aromatic carbocycles. The Bertz CT molecular complexity index is 1480. The zero-order chi connectivity index (χ0) is 26.3. The topological polar surface area (TPSA) is 105 Å². The van der Waals surface area contributed by atoms with Gasteiger partial charge in [0.15, 0.2) is 5.69 Å². The Kier molecular flexibility index (Phi) is 6.12. The van der Waals surface area contributed by atoms with E-state index in [-0.39, 0.29) is 22.5 Å². The van der Waals surface area contributed by atoms with Gasteiger partial charge in [-0.15, -0.1) is 5.10 Å². The second-order valence-electron chi connectivity index (χ2n) is 7.45. The molecule has 0 aliphatic carbocycles. The van der Waals surface area contributed by atoms with Gasteiger partial charge in [-0.3, -0.25) is 4.79 Å². The highest BCUT2D eigenvalue weighted by Gasteiger charge is 2.38. The van der Waals surface area contributed by atoms with Crippen molar-refractivity contribution in [2.24, 2.45) is 5.10 Å². The third kappa shape index (κ3) is 4.82. The number of amides is 1. The van der Waals surface area contributed by atoms with Gasteiger partial charge in [0.05, 0.1) is 28.7 Å². The van der Waals surface area contributed by atoms with E-state index in [0.29, 0.717) is 17.7 Å². The average molecular weight is 508 g/mol. The number of phenolic OH excluding ortho intramolecular Hbond substituents is 1. The van der Waals surface area contributed by atoms with Crippen molar-refractivity contribution in [3.05, 3.63) is 76.7 Å². The Morgan fingerprint density at radius 1 is 1.06 bits per heavy atom. The number of nitrogens with one attached hydrogen (secondary N) is 1. The van der Waals surface area contributed by atoms with Crippen molar-refractivity contribution in [3.63, 3.8) is 0 Å². The number of nitrogens with zero attached hydrogens (tertiary/aromatic N) is 5. The highest BCUT2D eigenvalue weighted by Crippen LogP contribution is 2.38. The molecule has 2 N–H and O–H groups in total. The highest BCUT2D eigenvalue weighted by atomic mass is 19.4. The molecule has 2 aromatic heterocycles. The largest absolute Gasteiger partial charge is 0.508 e. The minimum atomic E-state index is -5.06. The van der Waals surface area contributed by atoms with E-state index in [4.69, 9.17) is 0 Å². The highest BCUT2D eigenvalue weighted by molar-refractivity contribution is 5.95. The fourth-order valence-corrected chi connectivity index (χ4v) is 3.33. The lowest BCUT2D eigenvalue weighted by atomic mass is 10.1. The molecule has 2 heterocycles. The van der Waals surface area contributed by atoms with Gasteiger partial charge in [-0.25, -0.2) is 15.1 Å². The summed E-state index contributed by atoms with van der Waals surface area (Å²) in [6, 6.07) is 9.20. The number of aromatic nitrogens is 4. The Morgan fingerprint density at radius 2 is 1.75 bits per heavy atom. The maximum absolute atomic E-state index is 13.5. The van der Waals surface area contributed by atoms with Crippen LogP contribution in [-0.2, 0) is 12.4 Å². The van der Waals surface area contributed by atoms with Crippen LogP contribution in [0.1, 0.15) is 33.0 Å². The van der Waals surface area contributed by atoms with E-state index < -0.39 is 40.7 Å². The van der Waals surface area contributed by atoms with Gasteiger partial charge in [-0.05, 0) is 48.9 Å². The van der Waals surface area contributed by atoms with Crippen molar-refractivity contribution in [1.29, 1.82) is 0 Å². The zero-order valence-electron chi connectivity index (χ0n) is 18.1. The summed E-state index contributed by atoms with van der Waals surface area (Å²) in [6.45, 7) is 1.31. The Hall–Kier alpha value is -4.49. The van der Waals surface area contributed by atoms with Gasteiger partial charge in [-0.2, -0.15) is 31.4 Å². The first-order valence-corrected chi connectivity index (χ1v) is 9.99. The summed E-state index contributed by atoms with van der Waals surface area (Å²) in [7, 11) is 0. The molecular formula is C22H14F6N6O2. The van der Waals surface area contributed by atoms with Crippen LogP contribution in [0.5, 0.6) is 5.75 Å². The molecular weight excluding hydrogens is 494 g/mol. The van der Waals surface area contributed by atoms with Crippen LogP contribution in [0.2, 0.25) is 0 Å². The predicted octanol–water partition coefficient (Wildman–Crippen LogP) is 4.63. The van der Waals surface area contributed by atoms with Crippen LogP contribution in [0, 0.1) is 6.92 Å². The van der Waals surface area contributed by atoms with Crippen molar-refractivity contribution in [2.45, 2.75) is 19.3 Å². The van der Waals surface area contributed by atoms with Crippen LogP contribution in [0.4, 0.5) is 26.3 Å². The zero-order valence-corrected chi connectivity index (χ0v) is 18.1. The number of carbonyl (C=O) groups excluding carboxylic acids is 1. The maximum Gasteiger partial charge on any atom is 0.433 e. The molecule has 0 saturated heterocycles. The summed E-state index contributed by atoms with van der Waals surface area (Å²) in [5.74, 6) is -0.831. The number of carbonyl (C=O) groups is 1. The normalized spacial score (nSPS) is 12.4. The monoisotopic (exact) mass is 508 g/mol. The number of pyridine rings is 1. The SMILES string of the molecule is Cc1c(C(=O)N/N=C/c2ccc(O)cc2)nnn1-c1cc(C(F)(F)F)nc2c(C(F)(F)F)cccc12. The molecule has 0 radical (unpaired) electrons. The molecule has 0 aliphatic rings. The van der Waals surface area contributed by atoms with Crippen molar-refractivity contribution >= 4 is 23.0 Å². The number of halogens is 6. The molecule has 4 rings (SSSR count). The maximum atomic E-state index is 13.5. The molecule has 0 fully saturated rings. The number of para-hydroxylation sites is 1. The number of benzene rings is 2. The lowest BCUT2D eigenvalue weighted by Crippen LogP contribution is -2.19. The summed E-state index contributed by atoms with van der Waals surface area (Å²) in [5, 5.41) is 20.1. The van der Waals surface area contributed by atoms with Gasteiger partial charge >= 0.3 is 12.4 Å². The summed E-state index contributed by atoms with van der Waals surface area (Å²) in [5.41, 5.74) is -1.89. The number of alkyl halides is 6. The van der Waals surface area contributed by atoms with Crippen LogP contribution in [-0.4, -0.2) is 37.2 Å². The molecule has 8 nitrogen and oxygen atoms in total. The molecule has 186 valence electrons. The lowest BCUT2D eigenvalue weighted by Gasteiger charge is -2.15. The smallest absolute Gasteiger partial charge is 0.433 e. The van der Waals surface area contributed by atoms with E-state index in [2.05, 4.69) is 25.8 Å². The molecule has 0 atom stereocenters. The van der Waals surface area contributed by atoms with Crippen LogP contribution >= 0.6 is 0 Å². The van der Waals surface area contributed by atoms with E-state index in [9.17, 15) is 36.2 Å². The number of hydrogen-bond acceptors (Lipinski definition) is 6. The van der Waals surface area contributed by atoms with Crippen molar-refractivity contribution in [3.8, 4) is 11.4 Å². The molecule has 0 aliphatic heterocycles. The van der Waals surface area contributed by atoms with Gasteiger partial charge in [0.25, 0.3) is 5.91 Å². The summed E-state index contributed by atoms with van der Waals surface area (Å²) >= 11 is 0. The number of hydrogen-bond donors (Lipinski definition) is 2. The van der Waals surface area contributed by atoms with Gasteiger partial charge in [0.1, 0.15) is 11.4 Å². The fourth-order valence-electron chi connectivity index (χ4n) is 3.33. The lowest BCUT2D eigenvalue weighted by molar-refractivity contribution is -0.142. The third-order valence-electron chi connectivity index (χ3n) is 5.02. The first-order valence-electron chi connectivity index (χ1n) is 9.99. The molecule has 0 spiro atoms. The van der Waals surface area contributed by atoms with Crippen molar-refractivity contribution in [1.82, 2.24) is 25.4 Å². The number of fused-ring (bicyclic) bond motifs is 1. The van der Waals surface area contributed by atoms with E-state index in [1.807, 2.05) is 0 Å². The molecule has 0 unspecified atom stereocenters. The van der Waals surface area contributed by atoms with E-state index in [1.54, 1.807) is 0 Å². The second kappa shape index (κ2) is 8.94. The fraction of sp³-hybridized carbons (Fsp3) is 0.136. The van der Waals surface area contributed by atoms with Crippen molar-refractivity contribution in [2.75, 3.05) is 0 Å². The molecule has 0 bridgehead atoms. The number of phenols is 1. The average Bonchev–Trinajstić information content (AvgIpc) is 3.19. The van der Waals surface area contributed by atoms with Gasteiger partial charge in [0, 0.05) is 5.39 Å². The van der Waals surface area contributed by atoms with Gasteiger partial charge < -0.3 is 5.11 Å². The number of aromatic hydroxyl groups is 1. The molecule has 14 heteroatoms. The quantitative estimate of drug-likeness (QED) is 0.238. The molecule has 1 amide bonds. The summed E-state index contributed by atoms with van der Waals surface area (Å²) < 4.78 is 81.8. The molecule has 0 saturated carbocycles. The Balaban J connectivity index is 1.75. The number of hydrazone groups is 1. The van der Waals surface area contributed by atoms with Crippen LogP contribution in [0.3, 0.4) is 0 Å². The first-order chi connectivity index (χ1) is 16.9. The van der Waals surface area contributed by atoms with E-state index in [1.165, 1.54) is 37.4 Å². The van der Waals surface area contributed by atoms with Gasteiger partial charge in [-0.1, -0.05) is 17.3 Å². The van der Waals surface area contributed by atoms with Crippen molar-refractivity contribution < 1.29 is 36.2 Å². The minimum absolute atomic E-state index is 0.0306. The summed E-state index contributed by atoms with van der Waals surface area (Å²) in [4.78, 5) is 15.7. The predicted molar refractivity (Wildman–Crippen MR) is 115 cm³/mol. The Labute approximate surface area is 197 Å². The van der Waals surface area contributed by atoms with E-state index >= 15 is 0 Å². The van der Waals surface area contributed by atoms with Crippen LogP contribution in [0.15, 0.2) is 53.6 Å². The molecule has 4 aromatic rings. The van der Waals surface area contributed by atoms with Crippen LogP contribution in [0.25, 0.3) is 16.6 Å². The molecule has 36 heavy (non-hydrogen) atoms. The second-order valence-corrected chi connectivity index (χ2v) is 7.45. The minimum Gasteiger partial charge on any atom is -0.508 e. The Morgan fingerprint density at radius 3 is 2.39 bits per heavy atom. The third-order valence-corrected chi connectivity index (χ3v) is 5.02. The van der Waals surface area contributed by atoms with E-state index in [0.717, 1.165) is 16.8 Å².